The van der Waals surface area contributed by atoms with Gasteiger partial charge in [-0.2, -0.15) is 5.10 Å². The number of para-hydroxylation sites is 1. The Hall–Kier alpha value is -4.59. The largest absolute Gasteiger partial charge is 0.348 e. The molecule has 0 aliphatic carbocycles. The first-order valence-corrected chi connectivity index (χ1v) is 9.85. The number of carbonyl (C=O) groups excluding carboxylic acids is 1. The second-order valence-corrected chi connectivity index (χ2v) is 6.93. The van der Waals surface area contributed by atoms with Crippen molar-refractivity contribution in [1.82, 2.24) is 20.1 Å². The van der Waals surface area contributed by atoms with Crippen LogP contribution >= 0.6 is 0 Å². The summed E-state index contributed by atoms with van der Waals surface area (Å²) in [5, 5.41) is 18.2. The summed E-state index contributed by atoms with van der Waals surface area (Å²) in [6, 6.07) is 19.5. The number of nitro benzene ring substituents is 1. The van der Waals surface area contributed by atoms with E-state index in [-0.39, 0.29) is 18.1 Å². The van der Waals surface area contributed by atoms with Gasteiger partial charge in [-0.1, -0.05) is 30.3 Å². The van der Waals surface area contributed by atoms with Gasteiger partial charge in [-0.25, -0.2) is 4.68 Å². The highest BCUT2D eigenvalue weighted by atomic mass is 16.6. The Morgan fingerprint density at radius 2 is 1.84 bits per heavy atom. The summed E-state index contributed by atoms with van der Waals surface area (Å²) in [6.45, 7) is 0.264. The Bertz CT molecular complexity index is 1250. The molecule has 0 unspecified atom stereocenters. The van der Waals surface area contributed by atoms with Crippen molar-refractivity contribution in [3.8, 4) is 16.9 Å². The molecule has 0 saturated carbocycles. The molecule has 2 heterocycles. The molecule has 0 fully saturated rings. The van der Waals surface area contributed by atoms with Crippen molar-refractivity contribution in [2.45, 2.75) is 6.54 Å². The second-order valence-electron chi connectivity index (χ2n) is 6.93. The molecule has 0 spiro atoms. The molecular formula is C24H19N5O3. The fraction of sp³-hybridized carbons (Fsp3) is 0.0417. The van der Waals surface area contributed by atoms with Crippen LogP contribution in [0.5, 0.6) is 0 Å². The normalized spacial score (nSPS) is 10.9. The molecule has 32 heavy (non-hydrogen) atoms. The summed E-state index contributed by atoms with van der Waals surface area (Å²) in [5.74, 6) is -0.284. The molecule has 0 bridgehead atoms. The van der Waals surface area contributed by atoms with E-state index in [1.165, 1.54) is 18.2 Å². The molecule has 2 aromatic heterocycles. The molecule has 0 atom stereocenters. The van der Waals surface area contributed by atoms with E-state index in [0.717, 1.165) is 22.4 Å². The van der Waals surface area contributed by atoms with Crippen LogP contribution in [0.2, 0.25) is 0 Å². The maximum atomic E-state index is 12.3. The number of nitrogens with zero attached hydrogens (tertiary/aromatic N) is 4. The van der Waals surface area contributed by atoms with Gasteiger partial charge in [0.25, 0.3) is 5.69 Å². The molecule has 0 aliphatic rings. The fourth-order valence-electron chi connectivity index (χ4n) is 3.10. The van der Waals surface area contributed by atoms with Gasteiger partial charge in [0.2, 0.25) is 5.91 Å². The van der Waals surface area contributed by atoms with Crippen molar-refractivity contribution in [3.63, 3.8) is 0 Å². The zero-order valence-electron chi connectivity index (χ0n) is 17.0. The summed E-state index contributed by atoms with van der Waals surface area (Å²) >= 11 is 0. The zero-order chi connectivity index (χ0) is 22.3. The summed E-state index contributed by atoms with van der Waals surface area (Å²) in [4.78, 5) is 26.8. The van der Waals surface area contributed by atoms with E-state index < -0.39 is 4.92 Å². The lowest BCUT2D eigenvalue weighted by Crippen LogP contribution is -2.20. The number of benzene rings is 2. The molecule has 2 aromatic carbocycles. The molecule has 0 aliphatic heterocycles. The summed E-state index contributed by atoms with van der Waals surface area (Å²) in [7, 11) is 0. The smallest absolute Gasteiger partial charge is 0.269 e. The topological polar surface area (TPSA) is 103 Å². The van der Waals surface area contributed by atoms with E-state index in [9.17, 15) is 14.9 Å². The molecule has 0 radical (unpaired) electrons. The summed E-state index contributed by atoms with van der Waals surface area (Å²) in [6.07, 6.45) is 8.43. The van der Waals surface area contributed by atoms with Crippen molar-refractivity contribution >= 4 is 17.7 Å². The van der Waals surface area contributed by atoms with Crippen LogP contribution in [0, 0.1) is 10.1 Å². The van der Waals surface area contributed by atoms with Gasteiger partial charge in [0, 0.05) is 54.5 Å². The number of hydrogen-bond donors (Lipinski definition) is 1. The predicted molar refractivity (Wildman–Crippen MR) is 121 cm³/mol. The van der Waals surface area contributed by atoms with E-state index in [2.05, 4.69) is 15.4 Å². The van der Waals surface area contributed by atoms with Gasteiger partial charge in [-0.15, -0.1) is 0 Å². The third-order valence-corrected chi connectivity index (χ3v) is 4.73. The molecule has 8 heteroatoms. The quantitative estimate of drug-likeness (QED) is 0.272. The Morgan fingerprint density at radius 1 is 1.06 bits per heavy atom. The number of carbonyl (C=O) groups is 1. The highest BCUT2D eigenvalue weighted by Gasteiger charge is 2.11. The number of non-ortho nitro benzene ring substituents is 1. The highest BCUT2D eigenvalue weighted by molar-refractivity contribution is 5.92. The van der Waals surface area contributed by atoms with Crippen molar-refractivity contribution in [1.29, 1.82) is 0 Å². The van der Waals surface area contributed by atoms with Gasteiger partial charge < -0.3 is 5.32 Å². The molecule has 1 N–H and O–H groups in total. The number of aromatic nitrogens is 3. The third kappa shape index (κ3) is 4.93. The van der Waals surface area contributed by atoms with Gasteiger partial charge in [0.1, 0.15) is 5.69 Å². The van der Waals surface area contributed by atoms with Crippen molar-refractivity contribution in [2.75, 3.05) is 0 Å². The Labute approximate surface area is 184 Å². The highest BCUT2D eigenvalue weighted by Crippen LogP contribution is 2.24. The van der Waals surface area contributed by atoms with Crippen LogP contribution in [0.1, 0.15) is 11.1 Å². The van der Waals surface area contributed by atoms with Crippen LogP contribution in [0.15, 0.2) is 91.4 Å². The van der Waals surface area contributed by atoms with E-state index >= 15 is 0 Å². The van der Waals surface area contributed by atoms with Crippen molar-refractivity contribution in [2.24, 2.45) is 0 Å². The van der Waals surface area contributed by atoms with E-state index in [0.29, 0.717) is 5.69 Å². The number of pyridine rings is 1. The molecule has 0 saturated heterocycles. The third-order valence-electron chi connectivity index (χ3n) is 4.73. The summed E-state index contributed by atoms with van der Waals surface area (Å²) in [5.41, 5.74) is 4.00. The van der Waals surface area contributed by atoms with Crippen molar-refractivity contribution in [3.05, 3.63) is 113 Å². The van der Waals surface area contributed by atoms with E-state index in [1.54, 1.807) is 35.3 Å². The average molecular weight is 425 g/mol. The number of nitrogens with one attached hydrogen (secondary N) is 1. The van der Waals surface area contributed by atoms with Crippen LogP contribution in [-0.2, 0) is 11.3 Å². The predicted octanol–water partition coefficient (Wildman–Crippen LogP) is 4.17. The molecule has 4 aromatic rings. The maximum absolute atomic E-state index is 12.3. The minimum absolute atomic E-state index is 0.0123. The van der Waals surface area contributed by atoms with Crippen LogP contribution in [0.3, 0.4) is 0 Å². The molecule has 1 amide bonds. The van der Waals surface area contributed by atoms with Crippen LogP contribution in [0.4, 0.5) is 5.69 Å². The van der Waals surface area contributed by atoms with Gasteiger partial charge in [0.15, 0.2) is 0 Å². The minimum atomic E-state index is -0.458. The molecule has 8 nitrogen and oxygen atoms in total. The Kier molecular flexibility index (Phi) is 6.12. The summed E-state index contributed by atoms with van der Waals surface area (Å²) < 4.78 is 1.76. The van der Waals surface area contributed by atoms with Crippen LogP contribution in [0.25, 0.3) is 23.0 Å². The number of rotatable bonds is 7. The van der Waals surface area contributed by atoms with Crippen LogP contribution in [-0.4, -0.2) is 25.6 Å². The average Bonchev–Trinajstić information content (AvgIpc) is 3.27. The SMILES string of the molecule is O=C(/C=C/c1cn(-c2ccccc2)nc1-c1cccnc1)NCc1ccc([N+](=O)[O-])cc1. The zero-order valence-corrected chi connectivity index (χ0v) is 17.0. The molecular weight excluding hydrogens is 406 g/mol. The van der Waals surface area contributed by atoms with Gasteiger partial charge in [-0.05, 0) is 35.9 Å². The molecule has 158 valence electrons. The lowest BCUT2D eigenvalue weighted by atomic mass is 10.1. The monoisotopic (exact) mass is 425 g/mol. The van der Waals surface area contributed by atoms with Crippen molar-refractivity contribution < 1.29 is 9.72 Å². The Balaban J connectivity index is 1.51. The lowest BCUT2D eigenvalue weighted by Gasteiger charge is -2.02. The first-order valence-electron chi connectivity index (χ1n) is 9.85. The van der Waals surface area contributed by atoms with Gasteiger partial charge in [-0.3, -0.25) is 19.9 Å². The van der Waals surface area contributed by atoms with Gasteiger partial charge >= 0.3 is 0 Å². The first-order chi connectivity index (χ1) is 15.6. The lowest BCUT2D eigenvalue weighted by molar-refractivity contribution is -0.384. The van der Waals surface area contributed by atoms with E-state index in [1.807, 2.05) is 48.7 Å². The van der Waals surface area contributed by atoms with E-state index in [4.69, 9.17) is 0 Å². The Morgan fingerprint density at radius 3 is 2.53 bits per heavy atom. The minimum Gasteiger partial charge on any atom is -0.348 e. The second kappa shape index (κ2) is 9.48. The number of nitro groups is 1. The standard InChI is InChI=1S/C24H19N5O3/c30-23(26-15-18-8-11-22(12-9-18)29(31)32)13-10-20-17-28(21-6-2-1-3-7-21)27-24(20)19-5-4-14-25-16-19/h1-14,16-17H,15H2,(H,26,30)/b13-10+. The molecule has 4 rings (SSSR count). The maximum Gasteiger partial charge on any atom is 0.269 e. The fourth-order valence-corrected chi connectivity index (χ4v) is 3.10. The number of amides is 1. The number of hydrogen-bond acceptors (Lipinski definition) is 5. The van der Waals surface area contributed by atoms with Crippen LogP contribution < -0.4 is 5.32 Å². The van der Waals surface area contributed by atoms with Gasteiger partial charge in [0.05, 0.1) is 10.6 Å². The first kappa shape index (κ1) is 20.7.